The van der Waals surface area contributed by atoms with E-state index in [9.17, 15) is 0 Å². The van der Waals surface area contributed by atoms with Gasteiger partial charge in [0, 0.05) is 23.8 Å². The van der Waals surface area contributed by atoms with Gasteiger partial charge in [-0.1, -0.05) is 41.9 Å². The van der Waals surface area contributed by atoms with Gasteiger partial charge in [0.15, 0.2) is 0 Å². The third-order valence-electron chi connectivity index (χ3n) is 5.00. The summed E-state index contributed by atoms with van der Waals surface area (Å²) in [6.45, 7) is 3.39. The molecule has 1 aliphatic carbocycles. The molecule has 1 N–H and O–H groups in total. The first kappa shape index (κ1) is 18.8. The Morgan fingerprint density at radius 3 is 2.46 bits per heavy atom. The van der Waals surface area contributed by atoms with Crippen LogP contribution in [0.4, 0.5) is 5.69 Å². The first-order valence-corrected chi connectivity index (χ1v) is 10.0. The molecule has 4 nitrogen and oxygen atoms in total. The molecule has 0 aromatic heterocycles. The van der Waals surface area contributed by atoms with E-state index in [1.165, 1.54) is 22.4 Å². The first-order valence-electron chi connectivity index (χ1n) is 9.66. The molecule has 1 heterocycles. The summed E-state index contributed by atoms with van der Waals surface area (Å²) in [5.41, 5.74) is 9.22. The van der Waals surface area contributed by atoms with E-state index in [0.29, 0.717) is 0 Å². The Bertz CT molecular complexity index is 882. The van der Waals surface area contributed by atoms with Crippen LogP contribution in [0.25, 0.3) is 6.08 Å². The predicted octanol–water partition coefficient (Wildman–Crippen LogP) is 5.20. The van der Waals surface area contributed by atoms with Crippen molar-refractivity contribution in [2.75, 3.05) is 31.7 Å². The van der Waals surface area contributed by atoms with Crippen molar-refractivity contribution < 1.29 is 4.74 Å². The molecule has 2 aliphatic rings. The van der Waals surface area contributed by atoms with Crippen LogP contribution in [0, 0.1) is 0 Å². The third-order valence-corrected chi connectivity index (χ3v) is 5.25. The topological polar surface area (TPSA) is 36.9 Å². The Balaban J connectivity index is 1.58. The van der Waals surface area contributed by atoms with Crippen LogP contribution in [0.5, 0.6) is 0 Å². The second-order valence-electron chi connectivity index (χ2n) is 6.93. The number of anilines is 1. The number of allylic oxidation sites excluding steroid dienone is 2. The average Bonchev–Trinajstić information content (AvgIpc) is 3.13. The minimum absolute atomic E-state index is 0.721. The Morgan fingerprint density at radius 1 is 0.964 bits per heavy atom. The number of nitrogens with one attached hydrogen (secondary N) is 1. The van der Waals surface area contributed by atoms with Crippen molar-refractivity contribution in [2.45, 2.75) is 12.8 Å². The van der Waals surface area contributed by atoms with Crippen molar-refractivity contribution in [2.24, 2.45) is 5.10 Å². The molecular formula is C23H24ClN3O. The molecule has 0 unspecified atom stereocenters. The summed E-state index contributed by atoms with van der Waals surface area (Å²) in [5.74, 6) is 0. The molecule has 144 valence electrons. The number of hydrogen-bond acceptors (Lipinski definition) is 4. The lowest BCUT2D eigenvalue weighted by atomic mass is 10.1. The van der Waals surface area contributed by atoms with Gasteiger partial charge in [-0.05, 0) is 59.9 Å². The molecule has 0 spiro atoms. The van der Waals surface area contributed by atoms with Crippen LogP contribution < -0.4 is 5.43 Å². The summed E-state index contributed by atoms with van der Waals surface area (Å²) in [4.78, 5) is 2.44. The molecule has 1 saturated heterocycles. The molecule has 2 aromatic carbocycles. The van der Waals surface area contributed by atoms with Crippen LogP contribution >= 0.6 is 11.6 Å². The third kappa shape index (κ3) is 4.64. The fourth-order valence-corrected chi connectivity index (χ4v) is 3.76. The number of benzene rings is 2. The van der Waals surface area contributed by atoms with Gasteiger partial charge in [0.2, 0.25) is 0 Å². The van der Waals surface area contributed by atoms with E-state index in [2.05, 4.69) is 51.8 Å². The summed E-state index contributed by atoms with van der Waals surface area (Å²) >= 11 is 5.94. The van der Waals surface area contributed by atoms with E-state index in [0.717, 1.165) is 49.9 Å². The fourth-order valence-electron chi connectivity index (χ4n) is 3.63. The first-order chi connectivity index (χ1) is 13.8. The van der Waals surface area contributed by atoms with Crippen LogP contribution in [-0.2, 0) is 4.74 Å². The van der Waals surface area contributed by atoms with E-state index >= 15 is 0 Å². The predicted molar refractivity (Wildman–Crippen MR) is 117 cm³/mol. The lowest BCUT2D eigenvalue weighted by Crippen LogP contribution is -2.36. The van der Waals surface area contributed by atoms with Crippen molar-refractivity contribution in [1.29, 1.82) is 0 Å². The van der Waals surface area contributed by atoms with E-state index in [-0.39, 0.29) is 0 Å². The van der Waals surface area contributed by atoms with Crippen LogP contribution in [0.15, 0.2) is 76.5 Å². The highest BCUT2D eigenvalue weighted by Crippen LogP contribution is 2.35. The van der Waals surface area contributed by atoms with Gasteiger partial charge in [0.1, 0.15) is 0 Å². The van der Waals surface area contributed by atoms with E-state index in [1.54, 1.807) is 0 Å². The Morgan fingerprint density at radius 2 is 1.71 bits per heavy atom. The number of nitrogens with zero attached hydrogens (tertiary/aromatic N) is 2. The summed E-state index contributed by atoms with van der Waals surface area (Å²) < 4.78 is 5.56. The number of halogens is 1. The fraction of sp³-hybridized carbons (Fsp3) is 0.261. The molecular weight excluding hydrogens is 370 g/mol. The Labute approximate surface area is 171 Å². The van der Waals surface area contributed by atoms with Gasteiger partial charge in [-0.25, -0.2) is 0 Å². The van der Waals surface area contributed by atoms with E-state index in [1.807, 2.05) is 30.5 Å². The number of hydrazone groups is 1. The summed E-state index contributed by atoms with van der Waals surface area (Å²) in [6, 6.07) is 18.1. The van der Waals surface area contributed by atoms with Gasteiger partial charge in [0.25, 0.3) is 0 Å². The molecule has 5 heteroatoms. The van der Waals surface area contributed by atoms with Gasteiger partial charge in [-0.2, -0.15) is 5.10 Å². The second kappa shape index (κ2) is 9.09. The van der Waals surface area contributed by atoms with Crippen LogP contribution in [0.3, 0.4) is 0 Å². The smallest absolute Gasteiger partial charge is 0.0642 e. The van der Waals surface area contributed by atoms with Crippen molar-refractivity contribution >= 4 is 29.6 Å². The van der Waals surface area contributed by atoms with Gasteiger partial charge >= 0.3 is 0 Å². The monoisotopic (exact) mass is 393 g/mol. The molecule has 0 amide bonds. The minimum Gasteiger partial charge on any atom is -0.378 e. The average molecular weight is 394 g/mol. The zero-order chi connectivity index (χ0) is 19.2. The zero-order valence-electron chi connectivity index (χ0n) is 15.8. The minimum atomic E-state index is 0.721. The highest BCUT2D eigenvalue weighted by molar-refractivity contribution is 6.30. The maximum Gasteiger partial charge on any atom is 0.0642 e. The van der Waals surface area contributed by atoms with Crippen LogP contribution in [0.1, 0.15) is 18.4 Å². The Kier molecular flexibility index (Phi) is 6.10. The van der Waals surface area contributed by atoms with Crippen molar-refractivity contribution in [1.82, 2.24) is 4.90 Å². The van der Waals surface area contributed by atoms with Gasteiger partial charge in [-0.3, -0.25) is 5.43 Å². The second-order valence-corrected chi connectivity index (χ2v) is 7.37. The molecule has 0 bridgehead atoms. The van der Waals surface area contributed by atoms with Crippen molar-refractivity contribution in [3.05, 3.63) is 82.0 Å². The number of morpholine rings is 1. The lowest BCUT2D eigenvalue weighted by Gasteiger charge is -2.31. The molecule has 0 saturated carbocycles. The highest BCUT2D eigenvalue weighted by atomic mass is 35.5. The SMILES string of the molecule is Clc1ccc(N/N=C/C2=C(N3CCOCC3)C(=C/c3ccccc3)/CC2)cc1. The standard InChI is InChI=1S/C23H24ClN3O/c24-21-8-10-22(11-9-21)26-25-17-20-7-6-19(16-18-4-2-1-3-5-18)23(20)27-12-14-28-15-13-27/h1-5,8-11,16-17,26H,6-7,12-15H2/b19-16+,25-17+. The molecule has 4 rings (SSSR count). The van der Waals surface area contributed by atoms with Crippen molar-refractivity contribution in [3.8, 4) is 0 Å². The largest absolute Gasteiger partial charge is 0.378 e. The van der Waals surface area contributed by atoms with E-state index in [4.69, 9.17) is 16.3 Å². The zero-order valence-corrected chi connectivity index (χ0v) is 16.5. The summed E-state index contributed by atoms with van der Waals surface area (Å²) in [6.07, 6.45) is 6.30. The van der Waals surface area contributed by atoms with Crippen LogP contribution in [-0.4, -0.2) is 37.4 Å². The van der Waals surface area contributed by atoms with E-state index < -0.39 is 0 Å². The Hall–Kier alpha value is -2.56. The molecule has 1 aliphatic heterocycles. The van der Waals surface area contributed by atoms with Crippen molar-refractivity contribution in [3.63, 3.8) is 0 Å². The molecule has 0 atom stereocenters. The molecule has 2 aromatic rings. The number of ether oxygens (including phenoxy) is 1. The normalized spacial score (nSPS) is 19.0. The molecule has 1 fully saturated rings. The maximum absolute atomic E-state index is 5.94. The molecule has 28 heavy (non-hydrogen) atoms. The van der Waals surface area contributed by atoms with Gasteiger partial charge in [0.05, 0.1) is 25.1 Å². The highest BCUT2D eigenvalue weighted by Gasteiger charge is 2.25. The summed E-state index contributed by atoms with van der Waals surface area (Å²) in [7, 11) is 0. The maximum atomic E-state index is 5.94. The van der Waals surface area contributed by atoms with Gasteiger partial charge < -0.3 is 9.64 Å². The quantitative estimate of drug-likeness (QED) is 0.560. The van der Waals surface area contributed by atoms with Crippen LogP contribution in [0.2, 0.25) is 5.02 Å². The lowest BCUT2D eigenvalue weighted by molar-refractivity contribution is 0.0548. The van der Waals surface area contributed by atoms with Gasteiger partial charge in [-0.15, -0.1) is 0 Å². The number of hydrogen-bond donors (Lipinski definition) is 1. The molecule has 0 radical (unpaired) electrons. The summed E-state index contributed by atoms with van der Waals surface area (Å²) in [5, 5.41) is 5.20. The number of rotatable bonds is 5.